The van der Waals surface area contributed by atoms with Crippen molar-refractivity contribution in [1.82, 2.24) is 14.9 Å². The molecule has 2 aromatic rings. The molecule has 1 unspecified atom stereocenters. The number of aromatic nitrogens is 2. The quantitative estimate of drug-likeness (QED) is 0.420. The first-order valence-corrected chi connectivity index (χ1v) is 13.6. The van der Waals surface area contributed by atoms with Gasteiger partial charge >= 0.3 is 6.09 Å². The lowest BCUT2D eigenvalue weighted by atomic mass is 9.99. The van der Waals surface area contributed by atoms with Crippen LogP contribution in [0.2, 0.25) is 0 Å². The molecule has 2 heterocycles. The van der Waals surface area contributed by atoms with Crippen LogP contribution in [0.5, 0.6) is 0 Å². The van der Waals surface area contributed by atoms with E-state index in [0.717, 1.165) is 42.5 Å². The van der Waals surface area contributed by atoms with Crippen molar-refractivity contribution in [1.29, 1.82) is 0 Å². The Morgan fingerprint density at radius 3 is 2.32 bits per heavy atom. The Morgan fingerprint density at radius 2 is 1.79 bits per heavy atom. The number of hydrogen-bond acceptors (Lipinski definition) is 5. The molecule has 208 valence electrons. The molecule has 1 aliphatic heterocycles. The molecule has 1 aromatic heterocycles. The zero-order valence-corrected chi connectivity index (χ0v) is 23.9. The molecule has 0 N–H and O–H groups in total. The Bertz CT molecular complexity index is 1120. The Balaban J connectivity index is 0.000000304. The molecule has 4 rings (SSSR count). The molecule has 2 aliphatic rings. The number of anilines is 1. The number of benzene rings is 1. The van der Waals surface area contributed by atoms with Gasteiger partial charge in [-0.25, -0.2) is 23.5 Å². The average Bonchev–Trinajstić information content (AvgIpc) is 3.65. The molecule has 0 bridgehead atoms. The third kappa shape index (κ3) is 7.98. The van der Waals surface area contributed by atoms with E-state index in [9.17, 15) is 13.6 Å². The third-order valence-corrected chi connectivity index (χ3v) is 6.65. The number of carbonyl (C=O) groups excluding carboxylic acids is 1. The first-order valence-electron chi connectivity index (χ1n) is 13.6. The van der Waals surface area contributed by atoms with E-state index >= 15 is 0 Å². The molecule has 1 aromatic carbocycles. The first kappa shape index (κ1) is 29.5. The van der Waals surface area contributed by atoms with Crippen LogP contribution in [0.15, 0.2) is 30.6 Å². The summed E-state index contributed by atoms with van der Waals surface area (Å²) in [5.41, 5.74) is 3.83. The summed E-state index contributed by atoms with van der Waals surface area (Å²) in [5.74, 6) is 0.651. The van der Waals surface area contributed by atoms with Gasteiger partial charge < -0.3 is 14.5 Å². The highest BCUT2D eigenvalue weighted by molar-refractivity contribution is 5.79. The molecule has 1 amide bonds. The summed E-state index contributed by atoms with van der Waals surface area (Å²) in [5, 5.41) is 0. The lowest BCUT2D eigenvalue weighted by Crippen LogP contribution is -2.55. The number of amides is 1. The van der Waals surface area contributed by atoms with Crippen molar-refractivity contribution in [3.05, 3.63) is 59.1 Å². The SMILES string of the molecule is C/C=C(\c1c(C)ncnc1N1CCN(C(=O)OC(C)(C)C)CC1C)C1CC1.CCCc1cc(F)cc(F)c1. The molecule has 1 saturated carbocycles. The van der Waals surface area contributed by atoms with Gasteiger partial charge in [0.05, 0.1) is 5.69 Å². The molecule has 0 radical (unpaired) electrons. The topological polar surface area (TPSA) is 58.6 Å². The number of allylic oxidation sites excluding steroid dienone is 2. The van der Waals surface area contributed by atoms with Gasteiger partial charge in [-0.2, -0.15) is 0 Å². The number of hydrogen-bond donors (Lipinski definition) is 0. The van der Waals surface area contributed by atoms with E-state index in [1.54, 1.807) is 11.2 Å². The van der Waals surface area contributed by atoms with Crippen molar-refractivity contribution in [3.63, 3.8) is 0 Å². The number of aryl methyl sites for hydroxylation is 2. The predicted octanol–water partition coefficient (Wildman–Crippen LogP) is 6.96. The van der Waals surface area contributed by atoms with E-state index in [2.05, 4.69) is 41.7 Å². The molecular formula is C30H42F2N4O2. The summed E-state index contributed by atoms with van der Waals surface area (Å²) < 4.78 is 30.6. The van der Waals surface area contributed by atoms with E-state index in [1.807, 2.05) is 27.7 Å². The summed E-state index contributed by atoms with van der Waals surface area (Å²) in [4.78, 5) is 25.7. The zero-order chi connectivity index (χ0) is 28.0. The van der Waals surface area contributed by atoms with Crippen LogP contribution < -0.4 is 4.90 Å². The summed E-state index contributed by atoms with van der Waals surface area (Å²) in [6.45, 7) is 16.0. The molecule has 1 saturated heterocycles. The van der Waals surface area contributed by atoms with Gasteiger partial charge in [0.25, 0.3) is 0 Å². The largest absolute Gasteiger partial charge is 0.444 e. The van der Waals surface area contributed by atoms with Crippen LogP contribution in [0.3, 0.4) is 0 Å². The molecular weight excluding hydrogens is 486 g/mol. The van der Waals surface area contributed by atoms with Gasteiger partial charge in [-0.15, -0.1) is 0 Å². The smallest absolute Gasteiger partial charge is 0.410 e. The van der Waals surface area contributed by atoms with Crippen LogP contribution in [0.4, 0.5) is 19.4 Å². The fraction of sp³-hybridized carbons (Fsp3) is 0.567. The van der Waals surface area contributed by atoms with Crippen LogP contribution in [0.25, 0.3) is 5.57 Å². The van der Waals surface area contributed by atoms with E-state index < -0.39 is 17.2 Å². The minimum Gasteiger partial charge on any atom is -0.444 e. The van der Waals surface area contributed by atoms with Gasteiger partial charge in [0.2, 0.25) is 0 Å². The Kier molecular flexibility index (Phi) is 9.85. The van der Waals surface area contributed by atoms with Crippen LogP contribution in [0.1, 0.15) is 77.6 Å². The van der Waals surface area contributed by atoms with Crippen molar-refractivity contribution >= 4 is 17.5 Å². The van der Waals surface area contributed by atoms with Crippen molar-refractivity contribution in [2.24, 2.45) is 5.92 Å². The van der Waals surface area contributed by atoms with E-state index in [4.69, 9.17) is 4.74 Å². The number of carbonyl (C=O) groups is 1. The minimum absolute atomic E-state index is 0.164. The van der Waals surface area contributed by atoms with Crippen LogP contribution >= 0.6 is 0 Å². The van der Waals surface area contributed by atoms with E-state index in [1.165, 1.54) is 36.1 Å². The maximum atomic E-state index is 12.5. The van der Waals surface area contributed by atoms with Crippen LogP contribution in [-0.2, 0) is 11.2 Å². The van der Waals surface area contributed by atoms with Gasteiger partial charge in [0.15, 0.2) is 0 Å². The fourth-order valence-corrected chi connectivity index (χ4v) is 4.80. The maximum Gasteiger partial charge on any atom is 0.410 e. The van der Waals surface area contributed by atoms with Gasteiger partial charge in [0.1, 0.15) is 29.4 Å². The second kappa shape index (κ2) is 12.7. The highest BCUT2D eigenvalue weighted by Gasteiger charge is 2.34. The van der Waals surface area contributed by atoms with E-state index in [0.29, 0.717) is 19.0 Å². The van der Waals surface area contributed by atoms with Crippen molar-refractivity contribution in [3.8, 4) is 0 Å². The molecule has 6 nitrogen and oxygen atoms in total. The second-order valence-corrected chi connectivity index (χ2v) is 11.2. The fourth-order valence-electron chi connectivity index (χ4n) is 4.80. The van der Waals surface area contributed by atoms with Crippen LogP contribution in [0, 0.1) is 24.5 Å². The molecule has 1 aliphatic carbocycles. The summed E-state index contributed by atoms with van der Waals surface area (Å²) in [6.07, 6.45) is 7.76. The van der Waals surface area contributed by atoms with Crippen LogP contribution in [-0.4, -0.2) is 52.2 Å². The number of ether oxygens (including phenoxy) is 1. The number of piperazine rings is 1. The Hall–Kier alpha value is -3.03. The Labute approximate surface area is 226 Å². The third-order valence-electron chi connectivity index (χ3n) is 6.65. The highest BCUT2D eigenvalue weighted by Crippen LogP contribution is 2.45. The van der Waals surface area contributed by atoms with E-state index in [-0.39, 0.29) is 12.1 Å². The Morgan fingerprint density at radius 1 is 1.13 bits per heavy atom. The summed E-state index contributed by atoms with van der Waals surface area (Å²) >= 11 is 0. The lowest BCUT2D eigenvalue weighted by Gasteiger charge is -2.41. The van der Waals surface area contributed by atoms with Gasteiger partial charge in [-0.05, 0) is 90.0 Å². The number of nitrogens with zero attached hydrogens (tertiary/aromatic N) is 4. The van der Waals surface area contributed by atoms with Gasteiger partial charge in [-0.3, -0.25) is 0 Å². The standard InChI is InChI=1S/C21H32N4O2.C9H10F2/c1-7-17(16-8-9-16)18-15(3)22-13-23-19(18)25-11-10-24(12-14(25)2)20(26)27-21(4,5)6;1-2-3-7-4-8(10)6-9(11)5-7/h7,13-14,16H,8-12H2,1-6H3;4-6H,2-3H2,1H3/b17-7-;. The summed E-state index contributed by atoms with van der Waals surface area (Å²) in [6, 6.07) is 3.79. The monoisotopic (exact) mass is 528 g/mol. The lowest BCUT2D eigenvalue weighted by molar-refractivity contribution is 0.0218. The predicted molar refractivity (Wildman–Crippen MR) is 148 cm³/mol. The molecule has 1 atom stereocenters. The number of rotatable bonds is 5. The zero-order valence-electron chi connectivity index (χ0n) is 23.9. The normalized spacial score (nSPS) is 18.1. The second-order valence-electron chi connectivity index (χ2n) is 11.2. The molecule has 2 fully saturated rings. The molecule has 0 spiro atoms. The maximum absolute atomic E-state index is 12.5. The summed E-state index contributed by atoms with van der Waals surface area (Å²) in [7, 11) is 0. The van der Waals surface area contributed by atoms with Gasteiger partial charge in [-0.1, -0.05) is 19.4 Å². The molecule has 8 heteroatoms. The highest BCUT2D eigenvalue weighted by atomic mass is 19.1. The van der Waals surface area contributed by atoms with Crippen molar-refractivity contribution in [2.45, 2.75) is 85.8 Å². The molecule has 38 heavy (non-hydrogen) atoms. The average molecular weight is 529 g/mol. The van der Waals surface area contributed by atoms with Gasteiger partial charge in [0, 0.05) is 37.3 Å². The minimum atomic E-state index is -0.492. The number of halogens is 2. The van der Waals surface area contributed by atoms with Crippen molar-refractivity contribution in [2.75, 3.05) is 24.5 Å². The first-order chi connectivity index (χ1) is 17.9. The van der Waals surface area contributed by atoms with Crippen molar-refractivity contribution < 1.29 is 18.3 Å².